The van der Waals surface area contributed by atoms with E-state index in [4.69, 9.17) is 21.1 Å². The summed E-state index contributed by atoms with van der Waals surface area (Å²) in [4.78, 5) is 16.0. The molecule has 0 radical (unpaired) electrons. The van der Waals surface area contributed by atoms with Crippen LogP contribution in [0, 0.1) is 0 Å². The number of carbonyl (C=O) groups excluding carboxylic acids is 1. The minimum Gasteiger partial charge on any atom is -0.493 e. The van der Waals surface area contributed by atoms with Crippen LogP contribution in [0.25, 0.3) is 10.9 Å². The molecule has 1 heterocycles. The van der Waals surface area contributed by atoms with Crippen LogP contribution in [-0.2, 0) is 4.79 Å². The van der Waals surface area contributed by atoms with Crippen LogP contribution in [0.4, 0.5) is 0 Å². The molecular weight excluding hydrogens is 448 g/mol. The minimum absolute atomic E-state index is 0.0278. The van der Waals surface area contributed by atoms with Gasteiger partial charge in [-0.05, 0) is 53.4 Å². The third kappa shape index (κ3) is 3.90. The van der Waals surface area contributed by atoms with Crippen molar-refractivity contribution in [1.29, 1.82) is 0 Å². The fourth-order valence-electron chi connectivity index (χ4n) is 5.36. The Labute approximate surface area is 204 Å². The Hall–Kier alpha value is -3.44. The van der Waals surface area contributed by atoms with Gasteiger partial charge in [0.1, 0.15) is 0 Å². The second kappa shape index (κ2) is 9.07. The zero-order chi connectivity index (χ0) is 23.8. The third-order valence-electron chi connectivity index (χ3n) is 6.76. The second-order valence-corrected chi connectivity index (χ2v) is 9.17. The molecule has 34 heavy (non-hydrogen) atoms. The maximum absolute atomic E-state index is 12.3. The van der Waals surface area contributed by atoms with E-state index in [-0.39, 0.29) is 23.8 Å². The van der Waals surface area contributed by atoms with Gasteiger partial charge in [-0.15, -0.1) is 0 Å². The molecule has 3 aromatic carbocycles. The summed E-state index contributed by atoms with van der Waals surface area (Å²) in [6.07, 6.45) is 0.747. The number of para-hydroxylation sites is 1. The summed E-state index contributed by atoms with van der Waals surface area (Å²) in [5.41, 5.74) is 5.69. The molecule has 1 amide bonds. The van der Waals surface area contributed by atoms with Crippen molar-refractivity contribution >= 4 is 28.4 Å². The standard InChI is InChI=1S/C28H27ClN2O3/c1-16(32)30-23-15-21(18-10-13-24(33-2)25(14-18)34-3)27-20-6-4-5-7-22(20)31-28(27)26(23)17-8-11-19(29)12-9-17/h4-14,21,23,26,31H,15H2,1-3H3,(H,30,32)/t21-,23-,26+/m0/s1. The number of amides is 1. The van der Waals surface area contributed by atoms with E-state index in [0.29, 0.717) is 16.5 Å². The molecule has 0 unspecified atom stereocenters. The average molecular weight is 475 g/mol. The first-order chi connectivity index (χ1) is 16.5. The minimum atomic E-state index is -0.0997. The first kappa shape index (κ1) is 22.4. The quantitative estimate of drug-likeness (QED) is 0.372. The smallest absolute Gasteiger partial charge is 0.217 e. The van der Waals surface area contributed by atoms with Gasteiger partial charge in [-0.2, -0.15) is 0 Å². The Kier molecular flexibility index (Phi) is 5.96. The lowest BCUT2D eigenvalue weighted by Gasteiger charge is -2.37. The topological polar surface area (TPSA) is 63.3 Å². The molecule has 174 valence electrons. The number of hydrogen-bond acceptors (Lipinski definition) is 3. The Balaban J connectivity index is 1.73. The van der Waals surface area contributed by atoms with E-state index in [2.05, 4.69) is 34.6 Å². The molecule has 5 nitrogen and oxygen atoms in total. The number of aromatic amines is 1. The number of methoxy groups -OCH3 is 2. The van der Waals surface area contributed by atoms with Crippen LogP contribution in [-0.4, -0.2) is 31.2 Å². The molecule has 6 heteroatoms. The highest BCUT2D eigenvalue weighted by atomic mass is 35.5. The zero-order valence-electron chi connectivity index (χ0n) is 19.4. The van der Waals surface area contributed by atoms with E-state index in [1.54, 1.807) is 21.1 Å². The van der Waals surface area contributed by atoms with Crippen molar-refractivity contribution in [2.45, 2.75) is 31.2 Å². The molecule has 5 rings (SSSR count). The van der Waals surface area contributed by atoms with Crippen LogP contribution in [0.3, 0.4) is 0 Å². The molecule has 0 fully saturated rings. The van der Waals surface area contributed by atoms with Gasteiger partial charge in [0.25, 0.3) is 0 Å². The number of aromatic nitrogens is 1. The molecule has 0 saturated heterocycles. The highest BCUT2D eigenvalue weighted by Gasteiger charge is 2.39. The molecule has 0 spiro atoms. The van der Waals surface area contributed by atoms with Crippen molar-refractivity contribution in [2.75, 3.05) is 14.2 Å². The van der Waals surface area contributed by atoms with Crippen molar-refractivity contribution < 1.29 is 14.3 Å². The van der Waals surface area contributed by atoms with Crippen LogP contribution >= 0.6 is 11.6 Å². The van der Waals surface area contributed by atoms with Gasteiger partial charge >= 0.3 is 0 Å². The maximum Gasteiger partial charge on any atom is 0.217 e. The molecule has 3 atom stereocenters. The number of hydrogen-bond donors (Lipinski definition) is 2. The van der Waals surface area contributed by atoms with Gasteiger partial charge in [-0.1, -0.05) is 48.0 Å². The summed E-state index contributed by atoms with van der Waals surface area (Å²) in [7, 11) is 3.29. The summed E-state index contributed by atoms with van der Waals surface area (Å²) in [6, 6.07) is 22.3. The van der Waals surface area contributed by atoms with Crippen molar-refractivity contribution in [3.05, 3.63) is 94.1 Å². The lowest BCUT2D eigenvalue weighted by molar-refractivity contribution is -0.119. The summed E-state index contributed by atoms with van der Waals surface area (Å²) < 4.78 is 11.1. The Morgan fingerprint density at radius 3 is 2.38 bits per heavy atom. The Morgan fingerprint density at radius 2 is 1.68 bits per heavy atom. The van der Waals surface area contributed by atoms with Gasteiger partial charge in [-0.25, -0.2) is 0 Å². The SMILES string of the molecule is COc1ccc([C@@H]2C[C@H](NC(C)=O)[C@@H](c3ccc(Cl)cc3)c3[nH]c4ccccc4c32)cc1OC. The van der Waals surface area contributed by atoms with Crippen LogP contribution in [0.15, 0.2) is 66.7 Å². The molecule has 0 aliphatic heterocycles. The van der Waals surface area contributed by atoms with Crippen molar-refractivity contribution in [1.82, 2.24) is 10.3 Å². The molecule has 1 aromatic heterocycles. The normalized spacial score (nSPS) is 19.5. The molecule has 1 aliphatic rings. The number of nitrogens with one attached hydrogen (secondary N) is 2. The number of H-pyrrole nitrogens is 1. The van der Waals surface area contributed by atoms with E-state index in [1.165, 1.54) is 10.9 Å². The van der Waals surface area contributed by atoms with Crippen LogP contribution in [0.5, 0.6) is 11.5 Å². The van der Waals surface area contributed by atoms with Crippen LogP contribution in [0.2, 0.25) is 5.02 Å². The first-order valence-corrected chi connectivity index (χ1v) is 11.7. The van der Waals surface area contributed by atoms with Crippen molar-refractivity contribution in [3.8, 4) is 11.5 Å². The van der Waals surface area contributed by atoms with E-state index in [0.717, 1.165) is 28.8 Å². The average Bonchev–Trinajstić information content (AvgIpc) is 3.23. The van der Waals surface area contributed by atoms with Crippen LogP contribution < -0.4 is 14.8 Å². The van der Waals surface area contributed by atoms with E-state index in [1.807, 2.05) is 42.5 Å². The highest BCUT2D eigenvalue weighted by Crippen LogP contribution is 2.49. The van der Waals surface area contributed by atoms with Gasteiger partial charge in [-0.3, -0.25) is 4.79 Å². The van der Waals surface area contributed by atoms with Gasteiger partial charge in [0.2, 0.25) is 5.91 Å². The summed E-state index contributed by atoms with van der Waals surface area (Å²) >= 11 is 6.19. The number of ether oxygens (including phenoxy) is 2. The fraction of sp³-hybridized carbons (Fsp3) is 0.250. The predicted octanol–water partition coefficient (Wildman–Crippen LogP) is 6.01. The largest absolute Gasteiger partial charge is 0.493 e. The fourth-order valence-corrected chi connectivity index (χ4v) is 5.48. The van der Waals surface area contributed by atoms with Crippen molar-refractivity contribution in [2.24, 2.45) is 0 Å². The Morgan fingerprint density at radius 1 is 0.971 bits per heavy atom. The first-order valence-electron chi connectivity index (χ1n) is 11.3. The number of rotatable bonds is 5. The molecule has 1 aliphatic carbocycles. The summed E-state index contributed by atoms with van der Waals surface area (Å²) in [6.45, 7) is 1.57. The van der Waals surface area contributed by atoms with E-state index >= 15 is 0 Å². The Bertz CT molecular complexity index is 1350. The zero-order valence-corrected chi connectivity index (χ0v) is 20.1. The predicted molar refractivity (Wildman–Crippen MR) is 135 cm³/mol. The lowest BCUT2D eigenvalue weighted by Crippen LogP contribution is -2.42. The number of fused-ring (bicyclic) bond motifs is 3. The van der Waals surface area contributed by atoms with E-state index in [9.17, 15) is 4.79 Å². The van der Waals surface area contributed by atoms with Crippen LogP contribution in [0.1, 0.15) is 47.6 Å². The second-order valence-electron chi connectivity index (χ2n) is 8.74. The number of benzene rings is 3. The lowest BCUT2D eigenvalue weighted by atomic mass is 9.71. The van der Waals surface area contributed by atoms with Gasteiger partial charge in [0.05, 0.1) is 14.2 Å². The highest BCUT2D eigenvalue weighted by molar-refractivity contribution is 6.30. The van der Waals surface area contributed by atoms with Gasteiger partial charge < -0.3 is 19.8 Å². The molecular formula is C28H27ClN2O3. The monoisotopic (exact) mass is 474 g/mol. The summed E-state index contributed by atoms with van der Waals surface area (Å²) in [5, 5.41) is 5.12. The number of halogens is 1. The third-order valence-corrected chi connectivity index (χ3v) is 7.01. The maximum atomic E-state index is 12.3. The van der Waals surface area contributed by atoms with Crippen molar-refractivity contribution in [3.63, 3.8) is 0 Å². The molecule has 2 N–H and O–H groups in total. The van der Waals surface area contributed by atoms with E-state index < -0.39 is 0 Å². The molecule has 4 aromatic rings. The van der Waals surface area contributed by atoms with Gasteiger partial charge in [0.15, 0.2) is 11.5 Å². The van der Waals surface area contributed by atoms with Gasteiger partial charge in [0, 0.05) is 46.4 Å². The molecule has 0 saturated carbocycles. The summed E-state index contributed by atoms with van der Waals surface area (Å²) in [5.74, 6) is 1.37. The molecule has 0 bridgehead atoms. The number of carbonyl (C=O) groups is 1.